The van der Waals surface area contributed by atoms with Gasteiger partial charge in [-0.1, -0.05) is 17.4 Å². The molecular formula is C15H16N4O4S. The van der Waals surface area contributed by atoms with Crippen molar-refractivity contribution in [1.29, 1.82) is 0 Å². The Balaban J connectivity index is 1.95. The van der Waals surface area contributed by atoms with Crippen LogP contribution in [-0.4, -0.2) is 30.5 Å². The zero-order valence-corrected chi connectivity index (χ0v) is 13.7. The number of ether oxygens (including phenoxy) is 2. The van der Waals surface area contributed by atoms with Crippen LogP contribution in [0.25, 0.3) is 0 Å². The first-order valence-electron chi connectivity index (χ1n) is 7.13. The van der Waals surface area contributed by atoms with Crippen LogP contribution in [0, 0.1) is 0 Å². The molecule has 1 aliphatic heterocycles. The number of hydrogen-bond donors (Lipinski definition) is 3. The number of primary amides is 1. The second kappa shape index (κ2) is 6.36. The predicted octanol–water partition coefficient (Wildman–Crippen LogP) is 1.07. The number of aromatic nitrogens is 1. The number of hydrogen-bond acceptors (Lipinski definition) is 7. The molecule has 0 saturated heterocycles. The summed E-state index contributed by atoms with van der Waals surface area (Å²) < 4.78 is 10.6. The summed E-state index contributed by atoms with van der Waals surface area (Å²) in [6, 6.07) is 5.29. The average Bonchev–Trinajstić information content (AvgIpc) is 2.91. The maximum absolute atomic E-state index is 11.9. The zero-order chi connectivity index (χ0) is 17.3. The second-order valence-electron chi connectivity index (χ2n) is 5.24. The van der Waals surface area contributed by atoms with Crippen molar-refractivity contribution in [3.8, 4) is 11.5 Å². The number of amides is 2. The average molecular weight is 348 g/mol. The van der Waals surface area contributed by atoms with Crippen molar-refractivity contribution in [3.05, 3.63) is 28.6 Å². The minimum atomic E-state index is -0.574. The van der Waals surface area contributed by atoms with Crippen LogP contribution >= 0.6 is 11.3 Å². The lowest BCUT2D eigenvalue weighted by molar-refractivity contribution is -0.120. The smallest absolute Gasteiger partial charge is 0.255 e. The van der Waals surface area contributed by atoms with E-state index in [0.717, 1.165) is 10.4 Å². The molecular weight excluding hydrogens is 332 g/mol. The number of nitrogens with one attached hydrogen (secondary N) is 1. The van der Waals surface area contributed by atoms with Gasteiger partial charge in [0.15, 0.2) is 23.2 Å². The molecule has 1 aromatic heterocycles. The maximum atomic E-state index is 11.9. The van der Waals surface area contributed by atoms with Gasteiger partial charge in [0.1, 0.15) is 5.82 Å². The molecule has 9 heteroatoms. The molecule has 0 unspecified atom stereocenters. The van der Waals surface area contributed by atoms with E-state index >= 15 is 0 Å². The third-order valence-electron chi connectivity index (χ3n) is 3.59. The van der Waals surface area contributed by atoms with Crippen LogP contribution in [0.5, 0.6) is 11.5 Å². The summed E-state index contributed by atoms with van der Waals surface area (Å²) in [4.78, 5) is 27.8. The van der Waals surface area contributed by atoms with E-state index < -0.39 is 5.91 Å². The van der Waals surface area contributed by atoms with Crippen LogP contribution in [0.1, 0.15) is 22.8 Å². The van der Waals surface area contributed by atoms with Crippen molar-refractivity contribution in [2.45, 2.75) is 12.3 Å². The topological polar surface area (TPSA) is 130 Å². The van der Waals surface area contributed by atoms with Gasteiger partial charge >= 0.3 is 0 Å². The molecule has 0 spiro atoms. The minimum absolute atomic E-state index is 0.120. The van der Waals surface area contributed by atoms with Crippen molar-refractivity contribution < 1.29 is 19.1 Å². The first-order valence-corrected chi connectivity index (χ1v) is 7.94. The van der Waals surface area contributed by atoms with Crippen LogP contribution in [0.2, 0.25) is 0 Å². The number of thiazole rings is 1. The summed E-state index contributed by atoms with van der Waals surface area (Å²) in [5.74, 6) is 0.512. The number of nitrogen functional groups attached to an aromatic ring is 1. The van der Waals surface area contributed by atoms with Crippen LogP contribution in [0.3, 0.4) is 0 Å². The van der Waals surface area contributed by atoms with E-state index in [4.69, 9.17) is 20.9 Å². The molecule has 2 aromatic rings. The molecule has 2 amide bonds. The first-order chi connectivity index (χ1) is 11.5. The normalized spacial score (nSPS) is 16.2. The molecule has 2 heterocycles. The monoisotopic (exact) mass is 348 g/mol. The van der Waals surface area contributed by atoms with E-state index in [2.05, 4.69) is 10.3 Å². The summed E-state index contributed by atoms with van der Waals surface area (Å²) >= 11 is 1.35. The lowest BCUT2D eigenvalue weighted by Gasteiger charge is -2.22. The largest absolute Gasteiger partial charge is 0.493 e. The summed E-state index contributed by atoms with van der Waals surface area (Å²) in [5.41, 5.74) is 11.7. The highest BCUT2D eigenvalue weighted by molar-refractivity contribution is 7.16. The molecule has 126 valence electrons. The third kappa shape index (κ3) is 3.11. The Bertz CT molecular complexity index is 805. The molecule has 1 aliphatic rings. The number of carbonyl (C=O) groups excluding carboxylic acids is 2. The third-order valence-corrected chi connectivity index (χ3v) is 4.59. The molecule has 0 radical (unpaired) electrons. The minimum Gasteiger partial charge on any atom is -0.493 e. The lowest BCUT2D eigenvalue weighted by Crippen LogP contribution is -2.22. The van der Waals surface area contributed by atoms with Crippen LogP contribution < -0.4 is 26.3 Å². The van der Waals surface area contributed by atoms with Gasteiger partial charge in [0.2, 0.25) is 5.91 Å². The Morgan fingerprint density at radius 2 is 2.25 bits per heavy atom. The maximum Gasteiger partial charge on any atom is 0.255 e. The second-order valence-corrected chi connectivity index (χ2v) is 6.30. The highest BCUT2D eigenvalue weighted by Gasteiger charge is 2.30. The number of carbonyl (C=O) groups is 2. The van der Waals surface area contributed by atoms with E-state index in [-0.39, 0.29) is 18.4 Å². The van der Waals surface area contributed by atoms with E-state index in [9.17, 15) is 9.59 Å². The fraction of sp³-hybridized carbons (Fsp3) is 0.267. The van der Waals surface area contributed by atoms with Gasteiger partial charge < -0.3 is 26.3 Å². The molecule has 0 bridgehead atoms. The molecule has 1 atom stereocenters. The van der Waals surface area contributed by atoms with Gasteiger partial charge in [-0.15, -0.1) is 0 Å². The van der Waals surface area contributed by atoms with Crippen molar-refractivity contribution in [1.82, 2.24) is 4.98 Å². The molecule has 24 heavy (non-hydrogen) atoms. The van der Waals surface area contributed by atoms with Crippen LogP contribution in [-0.2, 0) is 9.59 Å². The van der Waals surface area contributed by atoms with Gasteiger partial charge in [-0.2, -0.15) is 0 Å². The van der Waals surface area contributed by atoms with E-state index in [0.29, 0.717) is 28.9 Å². The number of rotatable bonds is 5. The van der Waals surface area contributed by atoms with Crippen molar-refractivity contribution >= 4 is 34.1 Å². The highest BCUT2D eigenvalue weighted by atomic mass is 32.1. The molecule has 3 rings (SSSR count). The number of benzene rings is 1. The van der Waals surface area contributed by atoms with Crippen molar-refractivity contribution in [2.75, 3.05) is 24.8 Å². The molecule has 1 aromatic carbocycles. The Labute approximate surface area is 141 Å². The summed E-state index contributed by atoms with van der Waals surface area (Å²) in [5, 5.41) is 3.13. The summed E-state index contributed by atoms with van der Waals surface area (Å²) in [6.07, 6.45) is 0.291. The fourth-order valence-corrected chi connectivity index (χ4v) is 3.49. The Morgan fingerprint density at radius 1 is 1.46 bits per heavy atom. The van der Waals surface area contributed by atoms with Gasteiger partial charge in [0, 0.05) is 12.3 Å². The van der Waals surface area contributed by atoms with Crippen molar-refractivity contribution in [3.63, 3.8) is 0 Å². The first kappa shape index (κ1) is 16.1. The summed E-state index contributed by atoms with van der Waals surface area (Å²) in [7, 11) is 1.50. The Morgan fingerprint density at radius 3 is 2.96 bits per heavy atom. The lowest BCUT2D eigenvalue weighted by atomic mass is 9.91. The van der Waals surface area contributed by atoms with Gasteiger partial charge in [-0.3, -0.25) is 9.59 Å². The van der Waals surface area contributed by atoms with E-state index in [1.54, 1.807) is 12.1 Å². The fourth-order valence-electron chi connectivity index (χ4n) is 2.57. The number of nitrogens with two attached hydrogens (primary N) is 2. The molecule has 0 aliphatic carbocycles. The number of anilines is 2. The highest BCUT2D eigenvalue weighted by Crippen LogP contribution is 2.43. The Kier molecular flexibility index (Phi) is 4.26. The molecule has 8 nitrogen and oxygen atoms in total. The van der Waals surface area contributed by atoms with Gasteiger partial charge in [-0.05, 0) is 17.7 Å². The summed E-state index contributed by atoms with van der Waals surface area (Å²) in [6.45, 7) is -0.239. The predicted molar refractivity (Wildman–Crippen MR) is 89.3 cm³/mol. The van der Waals surface area contributed by atoms with Crippen LogP contribution in [0.15, 0.2) is 18.2 Å². The number of nitrogens with zero attached hydrogens (tertiary/aromatic N) is 1. The SMILES string of the molecule is COc1cc([C@@H]2CC(=O)Nc3nc(N)sc32)ccc1OCC(N)=O. The van der Waals surface area contributed by atoms with Gasteiger partial charge in [0.25, 0.3) is 5.91 Å². The molecule has 0 fully saturated rings. The van der Waals surface area contributed by atoms with Crippen molar-refractivity contribution in [2.24, 2.45) is 5.73 Å². The zero-order valence-electron chi connectivity index (χ0n) is 12.9. The molecule has 5 N–H and O–H groups in total. The van der Waals surface area contributed by atoms with E-state index in [1.165, 1.54) is 18.4 Å². The number of methoxy groups -OCH3 is 1. The molecule has 0 saturated carbocycles. The van der Waals surface area contributed by atoms with Crippen LogP contribution in [0.4, 0.5) is 10.9 Å². The number of fused-ring (bicyclic) bond motifs is 1. The Hall–Kier alpha value is -2.81. The van der Waals surface area contributed by atoms with E-state index in [1.807, 2.05) is 6.07 Å². The van der Waals surface area contributed by atoms with Gasteiger partial charge in [-0.25, -0.2) is 4.98 Å². The standard InChI is InChI=1S/C15H16N4O4S/c1-22-10-4-7(2-3-9(10)23-6-11(16)20)8-5-12(21)18-14-13(8)24-15(17)19-14/h2-4,8H,5-6H2,1H3,(H2,16,20)(H2,17,19)(H,18,21)/t8-/m0/s1. The van der Waals surface area contributed by atoms with Gasteiger partial charge in [0.05, 0.1) is 12.0 Å². The quantitative estimate of drug-likeness (QED) is 0.741.